The Hall–Kier alpha value is -1.51. The second kappa shape index (κ2) is 7.82. The molecule has 1 aromatic rings. The van der Waals surface area contributed by atoms with Crippen molar-refractivity contribution in [1.82, 2.24) is 0 Å². The van der Waals surface area contributed by atoms with Crippen molar-refractivity contribution in [3.05, 3.63) is 29.8 Å². The highest BCUT2D eigenvalue weighted by molar-refractivity contribution is 5.73. The summed E-state index contributed by atoms with van der Waals surface area (Å²) in [6.45, 7) is 6.32. The third-order valence-corrected chi connectivity index (χ3v) is 3.40. The monoisotopic (exact) mass is 264 g/mol. The van der Waals surface area contributed by atoms with E-state index in [0.29, 0.717) is 6.61 Å². The second-order valence-electron chi connectivity index (χ2n) is 4.68. The summed E-state index contributed by atoms with van der Waals surface area (Å²) in [4.78, 5) is 12.0. The molecule has 0 saturated heterocycles. The summed E-state index contributed by atoms with van der Waals surface area (Å²) in [6, 6.07) is 7.91. The van der Waals surface area contributed by atoms with Crippen LogP contribution in [0.4, 0.5) is 0 Å². The number of methoxy groups -OCH3 is 1. The molecular weight excluding hydrogens is 240 g/mol. The normalized spacial score (nSPS) is 13.7. The van der Waals surface area contributed by atoms with Crippen molar-refractivity contribution in [2.75, 3.05) is 13.7 Å². The van der Waals surface area contributed by atoms with Crippen LogP contribution in [0, 0.1) is 5.92 Å². The van der Waals surface area contributed by atoms with E-state index in [1.165, 1.54) is 0 Å². The van der Waals surface area contributed by atoms with Crippen LogP contribution >= 0.6 is 0 Å². The molecule has 0 aliphatic carbocycles. The average molecular weight is 264 g/mol. The van der Waals surface area contributed by atoms with Gasteiger partial charge in [-0.1, -0.05) is 38.5 Å². The van der Waals surface area contributed by atoms with Crippen molar-refractivity contribution in [2.45, 2.75) is 39.5 Å². The quantitative estimate of drug-likeness (QED) is 0.703. The van der Waals surface area contributed by atoms with Crippen molar-refractivity contribution in [3.63, 3.8) is 0 Å². The standard InChI is InChI=1S/C16H24O3/c1-5-9-13(12(3)16(17)19-6-2)14-10-7-8-11-15(14)18-4/h7-8,10-13H,5-6,9H2,1-4H3. The van der Waals surface area contributed by atoms with E-state index < -0.39 is 0 Å². The van der Waals surface area contributed by atoms with Gasteiger partial charge in [-0.15, -0.1) is 0 Å². The maximum Gasteiger partial charge on any atom is 0.309 e. The molecule has 0 aliphatic heterocycles. The lowest BCUT2D eigenvalue weighted by Gasteiger charge is -2.24. The first kappa shape index (κ1) is 15.5. The number of hydrogen-bond donors (Lipinski definition) is 0. The van der Waals surface area contributed by atoms with Gasteiger partial charge in [0, 0.05) is 5.92 Å². The Morgan fingerprint density at radius 3 is 2.53 bits per heavy atom. The average Bonchev–Trinajstić information content (AvgIpc) is 2.44. The third kappa shape index (κ3) is 3.98. The molecule has 19 heavy (non-hydrogen) atoms. The molecule has 0 heterocycles. The van der Waals surface area contributed by atoms with Crippen LogP contribution in [0.3, 0.4) is 0 Å². The minimum absolute atomic E-state index is 0.133. The predicted octanol–water partition coefficient (Wildman–Crippen LogP) is 3.78. The lowest BCUT2D eigenvalue weighted by molar-refractivity contribution is -0.148. The number of carbonyl (C=O) groups is 1. The predicted molar refractivity (Wildman–Crippen MR) is 76.4 cm³/mol. The van der Waals surface area contributed by atoms with Gasteiger partial charge in [-0.05, 0) is 25.0 Å². The zero-order valence-electron chi connectivity index (χ0n) is 12.3. The van der Waals surface area contributed by atoms with Gasteiger partial charge in [0.15, 0.2) is 0 Å². The van der Waals surface area contributed by atoms with Gasteiger partial charge < -0.3 is 9.47 Å². The zero-order valence-corrected chi connectivity index (χ0v) is 12.3. The third-order valence-electron chi connectivity index (χ3n) is 3.40. The fraction of sp³-hybridized carbons (Fsp3) is 0.562. The first-order valence-corrected chi connectivity index (χ1v) is 6.95. The van der Waals surface area contributed by atoms with E-state index in [2.05, 4.69) is 6.92 Å². The molecule has 1 aromatic carbocycles. The van der Waals surface area contributed by atoms with Crippen molar-refractivity contribution >= 4 is 5.97 Å². The van der Waals surface area contributed by atoms with E-state index in [4.69, 9.17) is 9.47 Å². The zero-order chi connectivity index (χ0) is 14.3. The Morgan fingerprint density at radius 2 is 1.95 bits per heavy atom. The second-order valence-corrected chi connectivity index (χ2v) is 4.68. The van der Waals surface area contributed by atoms with E-state index in [9.17, 15) is 4.79 Å². The SMILES string of the molecule is CCCC(c1ccccc1OC)C(C)C(=O)OCC. The van der Waals surface area contributed by atoms with E-state index in [-0.39, 0.29) is 17.8 Å². The van der Waals surface area contributed by atoms with Gasteiger partial charge in [0.05, 0.1) is 19.6 Å². The molecule has 1 rings (SSSR count). The summed E-state index contributed by atoms with van der Waals surface area (Å²) in [7, 11) is 1.66. The Morgan fingerprint density at radius 1 is 1.26 bits per heavy atom. The first-order valence-electron chi connectivity index (χ1n) is 6.95. The lowest BCUT2D eigenvalue weighted by atomic mass is 9.83. The summed E-state index contributed by atoms with van der Waals surface area (Å²) in [5, 5.41) is 0. The number of benzene rings is 1. The minimum atomic E-state index is -0.156. The number of ether oxygens (including phenoxy) is 2. The Labute approximate surface area is 115 Å². The highest BCUT2D eigenvalue weighted by Gasteiger charge is 2.27. The topological polar surface area (TPSA) is 35.5 Å². The molecule has 0 aliphatic rings. The largest absolute Gasteiger partial charge is 0.496 e. The molecule has 0 N–H and O–H groups in total. The van der Waals surface area contributed by atoms with Crippen LogP contribution in [-0.2, 0) is 9.53 Å². The first-order chi connectivity index (χ1) is 9.15. The molecule has 0 fully saturated rings. The van der Waals surface area contributed by atoms with Crippen molar-refractivity contribution in [2.24, 2.45) is 5.92 Å². The number of para-hydroxylation sites is 1. The summed E-state index contributed by atoms with van der Waals surface area (Å²) >= 11 is 0. The van der Waals surface area contributed by atoms with E-state index in [1.54, 1.807) is 7.11 Å². The summed E-state index contributed by atoms with van der Waals surface area (Å²) < 4.78 is 10.6. The maximum atomic E-state index is 12.0. The Kier molecular flexibility index (Phi) is 6.40. The molecule has 0 aromatic heterocycles. The van der Waals surface area contributed by atoms with Crippen molar-refractivity contribution in [1.29, 1.82) is 0 Å². The maximum absolute atomic E-state index is 12.0. The van der Waals surface area contributed by atoms with Crippen LogP contribution in [0.15, 0.2) is 24.3 Å². The van der Waals surface area contributed by atoms with Gasteiger partial charge in [-0.3, -0.25) is 4.79 Å². The van der Waals surface area contributed by atoms with Gasteiger partial charge >= 0.3 is 5.97 Å². The summed E-state index contributed by atoms with van der Waals surface area (Å²) in [5.74, 6) is 0.695. The smallest absolute Gasteiger partial charge is 0.309 e. The molecule has 0 bridgehead atoms. The lowest BCUT2D eigenvalue weighted by Crippen LogP contribution is -2.22. The molecule has 0 spiro atoms. The van der Waals surface area contributed by atoms with Crippen LogP contribution in [-0.4, -0.2) is 19.7 Å². The Bertz CT molecular complexity index is 401. The molecule has 3 nitrogen and oxygen atoms in total. The molecule has 2 atom stereocenters. The summed E-state index contributed by atoms with van der Waals surface area (Å²) in [5.41, 5.74) is 1.09. The number of rotatable bonds is 7. The van der Waals surface area contributed by atoms with Crippen molar-refractivity contribution < 1.29 is 14.3 Å². The Balaban J connectivity index is 3.02. The van der Waals surface area contributed by atoms with Gasteiger partial charge in [0.25, 0.3) is 0 Å². The molecule has 106 valence electrons. The van der Waals surface area contributed by atoms with Crippen molar-refractivity contribution in [3.8, 4) is 5.75 Å². The van der Waals surface area contributed by atoms with E-state index in [0.717, 1.165) is 24.2 Å². The van der Waals surface area contributed by atoms with Crippen LogP contribution in [0.2, 0.25) is 0 Å². The highest BCUT2D eigenvalue weighted by Crippen LogP contribution is 2.35. The fourth-order valence-electron chi connectivity index (χ4n) is 2.40. The summed E-state index contributed by atoms with van der Waals surface area (Å²) in [6.07, 6.45) is 1.97. The molecule has 2 unspecified atom stereocenters. The van der Waals surface area contributed by atoms with Gasteiger partial charge in [0.1, 0.15) is 5.75 Å². The van der Waals surface area contributed by atoms with Gasteiger partial charge in [-0.2, -0.15) is 0 Å². The molecule has 3 heteroatoms. The fourth-order valence-corrected chi connectivity index (χ4v) is 2.40. The number of hydrogen-bond acceptors (Lipinski definition) is 3. The van der Waals surface area contributed by atoms with E-state index in [1.807, 2.05) is 38.1 Å². The van der Waals surface area contributed by atoms with Crippen LogP contribution in [0.25, 0.3) is 0 Å². The van der Waals surface area contributed by atoms with Gasteiger partial charge in [-0.25, -0.2) is 0 Å². The minimum Gasteiger partial charge on any atom is -0.496 e. The number of carbonyl (C=O) groups excluding carboxylic acids is 1. The van der Waals surface area contributed by atoms with Crippen LogP contribution < -0.4 is 4.74 Å². The van der Waals surface area contributed by atoms with Gasteiger partial charge in [0.2, 0.25) is 0 Å². The molecular formula is C16H24O3. The van der Waals surface area contributed by atoms with Crippen LogP contribution in [0.1, 0.15) is 45.1 Å². The van der Waals surface area contributed by atoms with Crippen LogP contribution in [0.5, 0.6) is 5.75 Å². The molecule has 0 radical (unpaired) electrons. The number of esters is 1. The molecule has 0 amide bonds. The molecule has 0 saturated carbocycles. The highest BCUT2D eigenvalue weighted by atomic mass is 16.5. The van der Waals surface area contributed by atoms with E-state index >= 15 is 0 Å².